The maximum atomic E-state index is 12.3. The molecule has 0 spiro atoms. The van der Waals surface area contributed by atoms with Crippen molar-refractivity contribution in [2.45, 2.75) is 70.5 Å². The van der Waals surface area contributed by atoms with Crippen molar-refractivity contribution in [1.82, 2.24) is 24.9 Å². The van der Waals surface area contributed by atoms with Crippen LogP contribution in [-0.4, -0.2) is 37.3 Å². The van der Waals surface area contributed by atoms with Gasteiger partial charge in [0.25, 0.3) is 0 Å². The molecule has 1 amide bonds. The van der Waals surface area contributed by atoms with E-state index in [0.717, 1.165) is 39.7 Å². The highest BCUT2D eigenvalue weighted by atomic mass is 32.2. The minimum atomic E-state index is 0.0753. The summed E-state index contributed by atoms with van der Waals surface area (Å²) < 4.78 is 2.04. The Kier molecular flexibility index (Phi) is 5.11. The van der Waals surface area contributed by atoms with E-state index in [0.29, 0.717) is 11.8 Å². The number of hydrogen-bond donors (Lipinski definition) is 1. The van der Waals surface area contributed by atoms with Crippen molar-refractivity contribution in [1.29, 1.82) is 0 Å². The summed E-state index contributed by atoms with van der Waals surface area (Å²) in [6.45, 7) is 8.48. The van der Waals surface area contributed by atoms with E-state index >= 15 is 0 Å². The van der Waals surface area contributed by atoms with Gasteiger partial charge in [-0.1, -0.05) is 38.5 Å². The average Bonchev–Trinajstić information content (AvgIpc) is 3.33. The number of rotatable bonds is 5. The fourth-order valence-corrected chi connectivity index (χ4v) is 5.48. The Morgan fingerprint density at radius 2 is 2.04 bits per heavy atom. The van der Waals surface area contributed by atoms with E-state index in [4.69, 9.17) is 4.98 Å². The zero-order valence-electron chi connectivity index (χ0n) is 16.2. The van der Waals surface area contributed by atoms with Crippen LogP contribution in [0.4, 0.5) is 0 Å². The van der Waals surface area contributed by atoms with E-state index in [9.17, 15) is 4.79 Å². The van der Waals surface area contributed by atoms with Crippen LogP contribution in [0.2, 0.25) is 0 Å². The van der Waals surface area contributed by atoms with Gasteiger partial charge < -0.3 is 5.32 Å². The molecule has 3 aromatic rings. The van der Waals surface area contributed by atoms with Crippen LogP contribution in [0.25, 0.3) is 15.9 Å². The van der Waals surface area contributed by atoms with Crippen LogP contribution in [0.5, 0.6) is 0 Å². The highest BCUT2D eigenvalue weighted by Crippen LogP contribution is 2.34. The first-order valence-corrected chi connectivity index (χ1v) is 11.3. The van der Waals surface area contributed by atoms with Crippen LogP contribution < -0.4 is 5.32 Å². The fraction of sp³-hybridized carbons (Fsp3) is 0.579. The van der Waals surface area contributed by atoms with E-state index in [-0.39, 0.29) is 11.8 Å². The summed E-state index contributed by atoms with van der Waals surface area (Å²) in [6.07, 6.45) is 4.62. The lowest BCUT2D eigenvalue weighted by Gasteiger charge is -2.12. The topological polar surface area (TPSA) is 72.2 Å². The van der Waals surface area contributed by atoms with Gasteiger partial charge in [0.05, 0.1) is 11.1 Å². The number of fused-ring (bicyclic) bond motifs is 3. The van der Waals surface area contributed by atoms with Gasteiger partial charge in [-0.25, -0.2) is 4.98 Å². The van der Waals surface area contributed by atoms with Gasteiger partial charge in [-0.15, -0.1) is 21.5 Å². The lowest BCUT2D eigenvalue weighted by atomic mass is 10.2. The van der Waals surface area contributed by atoms with Gasteiger partial charge in [0.15, 0.2) is 10.8 Å². The predicted octanol–water partition coefficient (Wildman–Crippen LogP) is 4.23. The molecule has 0 aliphatic heterocycles. The molecule has 0 saturated heterocycles. The van der Waals surface area contributed by atoms with Gasteiger partial charge in [0.1, 0.15) is 10.7 Å². The number of aromatic nitrogens is 4. The fourth-order valence-electron chi connectivity index (χ4n) is 3.69. The van der Waals surface area contributed by atoms with Gasteiger partial charge in [-0.2, -0.15) is 0 Å². The molecule has 144 valence electrons. The van der Waals surface area contributed by atoms with Crippen molar-refractivity contribution in [3.8, 4) is 0 Å². The summed E-state index contributed by atoms with van der Waals surface area (Å²) in [5, 5.41) is 13.8. The zero-order valence-corrected chi connectivity index (χ0v) is 17.8. The summed E-state index contributed by atoms with van der Waals surface area (Å²) in [4.78, 5) is 19.5. The first kappa shape index (κ1) is 18.7. The number of nitrogens with one attached hydrogen (secondary N) is 1. The van der Waals surface area contributed by atoms with Crippen LogP contribution in [0.3, 0.4) is 0 Å². The van der Waals surface area contributed by atoms with Crippen LogP contribution in [-0.2, 0) is 4.79 Å². The number of carbonyl (C=O) groups is 1. The predicted molar refractivity (Wildman–Crippen MR) is 111 cm³/mol. The minimum absolute atomic E-state index is 0.0753. The third-order valence-electron chi connectivity index (χ3n) is 5.24. The number of thiophene rings is 1. The largest absolute Gasteiger partial charge is 0.353 e. The highest BCUT2D eigenvalue weighted by Gasteiger charge is 2.22. The molecule has 3 heterocycles. The first-order chi connectivity index (χ1) is 13.0. The molecule has 0 atom stereocenters. The Bertz CT molecular complexity index is 1000. The molecule has 1 aliphatic carbocycles. The minimum Gasteiger partial charge on any atom is -0.353 e. The lowest BCUT2D eigenvalue weighted by Crippen LogP contribution is -2.33. The molecule has 4 rings (SSSR count). The van der Waals surface area contributed by atoms with Crippen LogP contribution in [0.15, 0.2) is 5.16 Å². The lowest BCUT2D eigenvalue weighted by molar-refractivity contribution is -0.119. The SMILES string of the molecule is Cc1sc2nc(C(C)C)n3c(SCC(=O)NC4CCCC4)nnc3c2c1C. The molecule has 1 fully saturated rings. The van der Waals surface area contributed by atoms with Gasteiger partial charge in [-0.05, 0) is 32.3 Å². The molecular formula is C19H25N5OS2. The quantitative estimate of drug-likeness (QED) is 0.646. The van der Waals surface area contributed by atoms with E-state index in [1.165, 1.54) is 35.0 Å². The zero-order chi connectivity index (χ0) is 19.1. The van der Waals surface area contributed by atoms with Crippen LogP contribution in [0.1, 0.15) is 61.7 Å². The van der Waals surface area contributed by atoms with Gasteiger partial charge >= 0.3 is 0 Å². The third kappa shape index (κ3) is 3.45. The Hall–Kier alpha value is -1.67. The van der Waals surface area contributed by atoms with Crippen LogP contribution in [0, 0.1) is 13.8 Å². The maximum absolute atomic E-state index is 12.3. The molecule has 6 nitrogen and oxygen atoms in total. The molecule has 1 aliphatic rings. The maximum Gasteiger partial charge on any atom is 0.230 e. The second-order valence-electron chi connectivity index (χ2n) is 7.57. The van der Waals surface area contributed by atoms with E-state index < -0.39 is 0 Å². The standard InChI is InChI=1S/C19H25N5OS2/c1-10(2)16-21-18-15(11(3)12(4)27-18)17-22-23-19(24(16)17)26-9-14(25)20-13-7-5-6-8-13/h10,13H,5-9H2,1-4H3,(H,20,25). The van der Waals surface area contributed by atoms with Crippen molar-refractivity contribution >= 4 is 44.9 Å². The number of thioether (sulfide) groups is 1. The van der Waals surface area contributed by atoms with Crippen molar-refractivity contribution in [2.24, 2.45) is 0 Å². The van der Waals surface area contributed by atoms with E-state index in [2.05, 4.69) is 43.2 Å². The summed E-state index contributed by atoms with van der Waals surface area (Å²) in [6, 6.07) is 0.345. The molecule has 3 aromatic heterocycles. The van der Waals surface area contributed by atoms with Crippen molar-refractivity contribution in [3.63, 3.8) is 0 Å². The third-order valence-corrected chi connectivity index (χ3v) is 7.27. The normalized spacial score (nSPS) is 15.4. The summed E-state index contributed by atoms with van der Waals surface area (Å²) in [5.74, 6) is 1.62. The van der Waals surface area contributed by atoms with Gasteiger partial charge in [0, 0.05) is 16.8 Å². The smallest absolute Gasteiger partial charge is 0.230 e. The van der Waals surface area contributed by atoms with Gasteiger partial charge in [0.2, 0.25) is 5.91 Å². The van der Waals surface area contributed by atoms with Crippen molar-refractivity contribution in [2.75, 3.05) is 5.75 Å². The highest BCUT2D eigenvalue weighted by molar-refractivity contribution is 7.99. The molecule has 0 aromatic carbocycles. The van der Waals surface area contributed by atoms with Crippen molar-refractivity contribution in [3.05, 3.63) is 16.3 Å². The Morgan fingerprint density at radius 1 is 1.30 bits per heavy atom. The second-order valence-corrected chi connectivity index (χ2v) is 9.71. The summed E-state index contributed by atoms with van der Waals surface area (Å²) in [5.41, 5.74) is 2.06. The average molecular weight is 404 g/mol. The Morgan fingerprint density at radius 3 is 2.74 bits per heavy atom. The van der Waals surface area contributed by atoms with Gasteiger partial charge in [-0.3, -0.25) is 9.20 Å². The molecule has 0 bridgehead atoms. The second kappa shape index (κ2) is 7.39. The van der Waals surface area contributed by atoms with Crippen LogP contribution >= 0.6 is 23.1 Å². The molecule has 1 N–H and O–H groups in total. The molecule has 27 heavy (non-hydrogen) atoms. The first-order valence-electron chi connectivity index (χ1n) is 9.52. The molecule has 8 heteroatoms. The Balaban J connectivity index is 1.66. The molecule has 0 unspecified atom stereocenters. The molecule has 0 radical (unpaired) electrons. The number of hydrogen-bond acceptors (Lipinski definition) is 6. The van der Waals surface area contributed by atoms with E-state index in [1.54, 1.807) is 11.3 Å². The van der Waals surface area contributed by atoms with Crippen molar-refractivity contribution < 1.29 is 4.79 Å². The Labute approximate surface area is 167 Å². The monoisotopic (exact) mass is 403 g/mol. The molecular weight excluding hydrogens is 378 g/mol. The van der Waals surface area contributed by atoms with E-state index in [1.807, 2.05) is 4.40 Å². The summed E-state index contributed by atoms with van der Waals surface area (Å²) in [7, 11) is 0. The number of amides is 1. The summed E-state index contributed by atoms with van der Waals surface area (Å²) >= 11 is 3.15. The molecule has 1 saturated carbocycles. The number of nitrogens with zero attached hydrogens (tertiary/aromatic N) is 4. The number of aryl methyl sites for hydroxylation is 2. The number of carbonyl (C=O) groups excluding carboxylic acids is 1.